The van der Waals surface area contributed by atoms with Crippen LogP contribution in [0.2, 0.25) is 0 Å². The summed E-state index contributed by atoms with van der Waals surface area (Å²) >= 11 is 0. The molecule has 2 aromatic carbocycles. The van der Waals surface area contributed by atoms with Gasteiger partial charge in [-0.15, -0.1) is 0 Å². The Balaban J connectivity index is 1.32. The molecule has 0 unspecified atom stereocenters. The van der Waals surface area contributed by atoms with Crippen molar-refractivity contribution < 1.29 is 9.53 Å². The molecule has 8 heteroatoms. The standard InChI is InChI=1S/C27H34N6O2/c1-31-15-17-32(18-16-31)20-9-11-21(12-10-20)33-26(28)24(27(29)34)25(30-33)19-7-13-23(14-8-19)35-22-5-3-2-4-6-22/h2-8,13-14,20-21H,9-12,15-18,28H2,1H3,(H2,29,34)/t20-,21-. The summed E-state index contributed by atoms with van der Waals surface area (Å²) in [6.45, 7) is 4.53. The smallest absolute Gasteiger partial charge is 0.254 e. The minimum Gasteiger partial charge on any atom is -0.457 e. The number of carbonyl (C=O) groups is 1. The molecule has 5 rings (SSSR count). The van der Waals surface area contributed by atoms with Gasteiger partial charge in [0.1, 0.15) is 28.6 Å². The molecular formula is C27H34N6O2. The van der Waals surface area contributed by atoms with Crippen molar-refractivity contribution in [2.75, 3.05) is 39.0 Å². The minimum absolute atomic E-state index is 0.172. The Hall–Kier alpha value is -3.36. The fourth-order valence-corrected chi connectivity index (χ4v) is 5.33. The lowest BCUT2D eigenvalue weighted by Gasteiger charge is -2.41. The summed E-state index contributed by atoms with van der Waals surface area (Å²) in [5.74, 6) is 1.27. The van der Waals surface area contributed by atoms with Crippen molar-refractivity contribution in [1.29, 1.82) is 0 Å². The third-order valence-corrected chi connectivity index (χ3v) is 7.37. The Kier molecular flexibility index (Phi) is 6.74. The summed E-state index contributed by atoms with van der Waals surface area (Å²) in [6.07, 6.45) is 4.20. The normalized spacial score (nSPS) is 21.6. The number of para-hydroxylation sites is 1. The summed E-state index contributed by atoms with van der Waals surface area (Å²) < 4.78 is 7.73. The molecule has 2 fully saturated rings. The molecule has 0 atom stereocenters. The molecule has 2 aliphatic rings. The van der Waals surface area contributed by atoms with E-state index in [0.717, 1.165) is 63.2 Å². The molecule has 2 heterocycles. The van der Waals surface area contributed by atoms with Crippen molar-refractivity contribution in [2.45, 2.75) is 37.8 Å². The predicted octanol–water partition coefficient (Wildman–Crippen LogP) is 3.75. The van der Waals surface area contributed by atoms with Gasteiger partial charge in [0.15, 0.2) is 0 Å². The minimum atomic E-state index is -0.556. The Morgan fingerprint density at radius 3 is 2.11 bits per heavy atom. The predicted molar refractivity (Wildman–Crippen MR) is 137 cm³/mol. The summed E-state index contributed by atoms with van der Waals surface area (Å²) in [7, 11) is 2.19. The van der Waals surface area contributed by atoms with Crippen molar-refractivity contribution >= 4 is 11.7 Å². The van der Waals surface area contributed by atoms with Crippen LogP contribution >= 0.6 is 0 Å². The van der Waals surface area contributed by atoms with Gasteiger partial charge < -0.3 is 21.1 Å². The van der Waals surface area contributed by atoms with Crippen molar-refractivity contribution in [3.63, 3.8) is 0 Å². The van der Waals surface area contributed by atoms with Crippen LogP contribution in [0.25, 0.3) is 11.3 Å². The number of amides is 1. The highest BCUT2D eigenvalue weighted by Gasteiger charge is 2.31. The highest BCUT2D eigenvalue weighted by molar-refractivity contribution is 6.03. The Morgan fingerprint density at radius 2 is 1.49 bits per heavy atom. The van der Waals surface area contributed by atoms with Crippen LogP contribution in [0.3, 0.4) is 0 Å². The quantitative estimate of drug-likeness (QED) is 0.564. The summed E-state index contributed by atoms with van der Waals surface area (Å²) in [4.78, 5) is 17.4. The molecule has 1 saturated heterocycles. The number of aromatic nitrogens is 2. The summed E-state index contributed by atoms with van der Waals surface area (Å²) in [6, 6.07) is 17.9. The number of nitrogens with zero attached hydrogens (tertiary/aromatic N) is 4. The second-order valence-electron chi connectivity index (χ2n) is 9.66. The van der Waals surface area contributed by atoms with Gasteiger partial charge in [-0.2, -0.15) is 5.10 Å². The van der Waals surface area contributed by atoms with E-state index in [1.807, 2.05) is 59.3 Å². The number of piperazine rings is 1. The van der Waals surface area contributed by atoms with Gasteiger partial charge in [0, 0.05) is 37.8 Å². The van der Waals surface area contributed by atoms with Crippen LogP contribution < -0.4 is 16.2 Å². The lowest BCUT2D eigenvalue weighted by atomic mass is 9.90. The fraction of sp³-hybridized carbons (Fsp3) is 0.407. The van der Waals surface area contributed by atoms with Crippen LogP contribution in [0.4, 0.5) is 5.82 Å². The topological polar surface area (TPSA) is 103 Å². The van der Waals surface area contributed by atoms with E-state index in [9.17, 15) is 4.79 Å². The molecule has 0 bridgehead atoms. The van der Waals surface area contributed by atoms with Crippen LogP contribution in [0, 0.1) is 0 Å². The number of likely N-dealkylation sites (N-methyl/N-ethyl adjacent to an activating group) is 1. The van der Waals surface area contributed by atoms with Crippen LogP contribution in [0.15, 0.2) is 54.6 Å². The van der Waals surface area contributed by atoms with Crippen LogP contribution in [-0.4, -0.2) is 64.8 Å². The lowest BCUT2D eigenvalue weighted by Crippen LogP contribution is -2.50. The third kappa shape index (κ3) is 5.04. The number of carbonyl (C=O) groups excluding carboxylic acids is 1. The molecule has 8 nitrogen and oxygen atoms in total. The van der Waals surface area contributed by atoms with Crippen LogP contribution in [0.5, 0.6) is 11.5 Å². The SMILES string of the molecule is CN1CCN([C@H]2CC[C@H](n3nc(-c4ccc(Oc5ccccc5)cc4)c(C(N)=O)c3N)CC2)CC1. The van der Waals surface area contributed by atoms with E-state index in [1.165, 1.54) is 0 Å². The van der Waals surface area contributed by atoms with Gasteiger partial charge in [0.05, 0.1) is 6.04 Å². The molecule has 3 aromatic rings. The monoisotopic (exact) mass is 474 g/mol. The average molecular weight is 475 g/mol. The molecule has 184 valence electrons. The Morgan fingerprint density at radius 1 is 0.886 bits per heavy atom. The molecule has 0 spiro atoms. The van der Waals surface area contributed by atoms with Gasteiger partial charge in [0.2, 0.25) is 0 Å². The van der Waals surface area contributed by atoms with Gasteiger partial charge in [0.25, 0.3) is 5.91 Å². The molecular weight excluding hydrogens is 440 g/mol. The maximum atomic E-state index is 12.4. The highest BCUT2D eigenvalue weighted by Crippen LogP contribution is 2.36. The number of anilines is 1. The Bertz CT molecular complexity index is 1140. The summed E-state index contributed by atoms with van der Waals surface area (Å²) in [5.41, 5.74) is 13.8. The first-order valence-electron chi connectivity index (χ1n) is 12.4. The lowest BCUT2D eigenvalue weighted by molar-refractivity contribution is 0.0813. The molecule has 1 saturated carbocycles. The van der Waals surface area contributed by atoms with Crippen molar-refractivity contribution in [3.8, 4) is 22.8 Å². The van der Waals surface area contributed by atoms with Gasteiger partial charge in [-0.05, 0) is 69.1 Å². The van der Waals surface area contributed by atoms with Gasteiger partial charge in [-0.25, -0.2) is 4.68 Å². The van der Waals surface area contributed by atoms with E-state index in [0.29, 0.717) is 28.9 Å². The first kappa shape index (κ1) is 23.4. The van der Waals surface area contributed by atoms with E-state index < -0.39 is 5.91 Å². The number of nitrogen functional groups attached to an aromatic ring is 1. The number of rotatable bonds is 6. The largest absolute Gasteiger partial charge is 0.457 e. The highest BCUT2D eigenvalue weighted by atomic mass is 16.5. The number of ether oxygens (including phenoxy) is 1. The number of benzene rings is 2. The van der Waals surface area contributed by atoms with Crippen LogP contribution in [0.1, 0.15) is 42.1 Å². The zero-order valence-electron chi connectivity index (χ0n) is 20.3. The Labute approximate surface area is 206 Å². The third-order valence-electron chi connectivity index (χ3n) is 7.37. The molecule has 0 radical (unpaired) electrons. The maximum absolute atomic E-state index is 12.4. The molecule has 1 aliphatic carbocycles. The van der Waals surface area contributed by atoms with E-state index in [-0.39, 0.29) is 6.04 Å². The molecule has 35 heavy (non-hydrogen) atoms. The molecule has 1 amide bonds. The first-order chi connectivity index (χ1) is 17.0. The number of primary amides is 1. The second kappa shape index (κ2) is 10.1. The molecule has 4 N–H and O–H groups in total. The van der Waals surface area contributed by atoms with Crippen molar-refractivity contribution in [3.05, 3.63) is 60.2 Å². The number of nitrogens with two attached hydrogens (primary N) is 2. The maximum Gasteiger partial charge on any atom is 0.254 e. The molecule has 1 aromatic heterocycles. The fourth-order valence-electron chi connectivity index (χ4n) is 5.33. The van der Waals surface area contributed by atoms with Crippen LogP contribution in [-0.2, 0) is 0 Å². The van der Waals surface area contributed by atoms with E-state index in [1.54, 1.807) is 0 Å². The number of hydrogen-bond donors (Lipinski definition) is 2. The van der Waals surface area contributed by atoms with Gasteiger partial charge >= 0.3 is 0 Å². The number of hydrogen-bond acceptors (Lipinski definition) is 6. The zero-order valence-corrected chi connectivity index (χ0v) is 20.3. The van der Waals surface area contributed by atoms with E-state index in [4.69, 9.17) is 21.3 Å². The first-order valence-corrected chi connectivity index (χ1v) is 12.4. The van der Waals surface area contributed by atoms with Gasteiger partial charge in [-0.3, -0.25) is 9.69 Å². The average Bonchev–Trinajstić information content (AvgIpc) is 3.23. The van der Waals surface area contributed by atoms with Crippen molar-refractivity contribution in [1.82, 2.24) is 19.6 Å². The van der Waals surface area contributed by atoms with E-state index >= 15 is 0 Å². The van der Waals surface area contributed by atoms with Gasteiger partial charge in [-0.1, -0.05) is 18.2 Å². The zero-order chi connectivity index (χ0) is 24.4. The molecule has 1 aliphatic heterocycles. The summed E-state index contributed by atoms with van der Waals surface area (Å²) in [5, 5.41) is 4.82. The van der Waals surface area contributed by atoms with Crippen molar-refractivity contribution in [2.24, 2.45) is 5.73 Å². The second-order valence-corrected chi connectivity index (χ2v) is 9.66. The van der Waals surface area contributed by atoms with E-state index in [2.05, 4.69) is 16.8 Å².